The van der Waals surface area contributed by atoms with E-state index in [2.05, 4.69) is 19.9 Å². The summed E-state index contributed by atoms with van der Waals surface area (Å²) in [5.41, 5.74) is 0.932. The first-order valence-corrected chi connectivity index (χ1v) is 5.95. The van der Waals surface area contributed by atoms with Crippen LogP contribution < -0.4 is 5.32 Å². The molecule has 1 aliphatic rings. The highest BCUT2D eigenvalue weighted by atomic mass is 15.2. The number of aromatic nitrogens is 3. The Morgan fingerprint density at radius 2 is 2.25 bits per heavy atom. The van der Waals surface area contributed by atoms with Gasteiger partial charge in [-0.05, 0) is 25.0 Å². The number of nitrogens with one attached hydrogen (secondary N) is 1. The van der Waals surface area contributed by atoms with E-state index < -0.39 is 0 Å². The molecule has 0 aromatic carbocycles. The summed E-state index contributed by atoms with van der Waals surface area (Å²) in [6.07, 6.45) is 7.02. The van der Waals surface area contributed by atoms with Gasteiger partial charge in [-0.2, -0.15) is 0 Å². The second-order valence-electron chi connectivity index (χ2n) is 4.38. The van der Waals surface area contributed by atoms with E-state index in [1.54, 1.807) is 0 Å². The first-order chi connectivity index (χ1) is 7.93. The summed E-state index contributed by atoms with van der Waals surface area (Å²) in [7, 11) is 0. The van der Waals surface area contributed by atoms with E-state index in [0.29, 0.717) is 0 Å². The lowest BCUT2D eigenvalue weighted by atomic mass is 9.93. The lowest BCUT2D eigenvalue weighted by Crippen LogP contribution is -2.36. The Labute approximate surface area is 94.7 Å². The van der Waals surface area contributed by atoms with Crippen LogP contribution in [0, 0.1) is 0 Å². The van der Waals surface area contributed by atoms with Crippen molar-refractivity contribution in [3.63, 3.8) is 0 Å². The molecule has 0 aliphatic heterocycles. The van der Waals surface area contributed by atoms with Gasteiger partial charge in [0.15, 0.2) is 5.65 Å². The average molecular weight is 216 g/mol. The molecule has 1 aliphatic carbocycles. The minimum Gasteiger partial charge on any atom is -0.314 e. The molecule has 0 radical (unpaired) electrons. The van der Waals surface area contributed by atoms with Crippen molar-refractivity contribution in [2.45, 2.75) is 31.7 Å². The summed E-state index contributed by atoms with van der Waals surface area (Å²) in [5.74, 6) is 1.04. The lowest BCUT2D eigenvalue weighted by molar-refractivity contribution is 0.341. The Bertz CT molecular complexity index is 473. The highest BCUT2D eigenvalue weighted by molar-refractivity contribution is 5.36. The van der Waals surface area contributed by atoms with Crippen molar-refractivity contribution in [3.8, 4) is 0 Å². The molecule has 4 nitrogen and oxygen atoms in total. The molecule has 2 heterocycles. The maximum absolute atomic E-state index is 4.21. The van der Waals surface area contributed by atoms with Crippen molar-refractivity contribution >= 4 is 5.65 Å². The minimum absolute atomic E-state index is 0.749. The van der Waals surface area contributed by atoms with E-state index in [1.165, 1.54) is 19.3 Å². The number of hydrogen-bond acceptors (Lipinski definition) is 3. The van der Waals surface area contributed by atoms with Gasteiger partial charge in [0.05, 0.1) is 0 Å². The van der Waals surface area contributed by atoms with Crippen LogP contribution in [0.4, 0.5) is 0 Å². The highest BCUT2D eigenvalue weighted by Crippen LogP contribution is 2.17. The molecule has 0 saturated heterocycles. The molecule has 4 heteroatoms. The van der Waals surface area contributed by atoms with Gasteiger partial charge in [-0.3, -0.25) is 4.40 Å². The van der Waals surface area contributed by atoms with E-state index in [4.69, 9.17) is 0 Å². The van der Waals surface area contributed by atoms with Crippen LogP contribution >= 0.6 is 0 Å². The SMILES string of the molecule is c1ccn2c(CCNC3CCC3)nnc2c1. The van der Waals surface area contributed by atoms with Gasteiger partial charge in [-0.1, -0.05) is 12.5 Å². The number of fused-ring (bicyclic) bond motifs is 1. The topological polar surface area (TPSA) is 42.2 Å². The molecular formula is C12H16N4. The quantitative estimate of drug-likeness (QED) is 0.840. The van der Waals surface area contributed by atoms with E-state index in [-0.39, 0.29) is 0 Å². The second-order valence-corrected chi connectivity index (χ2v) is 4.38. The molecule has 2 aromatic rings. The molecule has 1 N–H and O–H groups in total. The summed E-state index contributed by atoms with van der Waals surface area (Å²) < 4.78 is 2.06. The van der Waals surface area contributed by atoms with Crippen molar-refractivity contribution < 1.29 is 0 Å². The zero-order valence-electron chi connectivity index (χ0n) is 9.26. The third-order valence-corrected chi connectivity index (χ3v) is 3.27. The van der Waals surface area contributed by atoms with Gasteiger partial charge in [0, 0.05) is 25.2 Å². The Morgan fingerprint density at radius 3 is 3.06 bits per heavy atom. The predicted octanol–water partition coefficient (Wildman–Crippen LogP) is 1.41. The lowest BCUT2D eigenvalue weighted by Gasteiger charge is -2.26. The standard InChI is InChI=1S/C12H16N4/c1-2-9-16-11(6-1)14-15-12(16)7-8-13-10-4-3-5-10/h1-2,6,9-10,13H,3-5,7-8H2. The third-order valence-electron chi connectivity index (χ3n) is 3.27. The summed E-state index contributed by atoms with van der Waals surface area (Å²) in [5, 5.41) is 11.9. The van der Waals surface area contributed by atoms with Gasteiger partial charge in [-0.15, -0.1) is 10.2 Å². The van der Waals surface area contributed by atoms with Gasteiger partial charge in [0.25, 0.3) is 0 Å². The predicted molar refractivity (Wildman–Crippen MR) is 62.3 cm³/mol. The van der Waals surface area contributed by atoms with Crippen molar-refractivity contribution in [3.05, 3.63) is 30.2 Å². The number of rotatable bonds is 4. The maximum atomic E-state index is 4.21. The fraction of sp³-hybridized carbons (Fsp3) is 0.500. The molecule has 0 unspecified atom stereocenters. The van der Waals surface area contributed by atoms with Crippen LogP contribution in [0.25, 0.3) is 5.65 Å². The van der Waals surface area contributed by atoms with Gasteiger partial charge >= 0.3 is 0 Å². The molecule has 1 fully saturated rings. The van der Waals surface area contributed by atoms with Crippen LogP contribution in [-0.4, -0.2) is 27.2 Å². The smallest absolute Gasteiger partial charge is 0.160 e. The summed E-state index contributed by atoms with van der Waals surface area (Å²) in [6, 6.07) is 6.73. The van der Waals surface area contributed by atoms with E-state index in [1.807, 2.05) is 24.4 Å². The van der Waals surface area contributed by atoms with Gasteiger partial charge < -0.3 is 5.32 Å². The Hall–Kier alpha value is -1.42. The fourth-order valence-corrected chi connectivity index (χ4v) is 2.06. The van der Waals surface area contributed by atoms with Gasteiger partial charge in [0.2, 0.25) is 0 Å². The molecule has 0 atom stereocenters. The molecule has 2 aromatic heterocycles. The highest BCUT2D eigenvalue weighted by Gasteiger charge is 2.16. The van der Waals surface area contributed by atoms with E-state index in [0.717, 1.165) is 30.5 Å². The van der Waals surface area contributed by atoms with Crippen molar-refractivity contribution in [2.75, 3.05) is 6.54 Å². The summed E-state index contributed by atoms with van der Waals surface area (Å²) in [6.45, 7) is 1.00. The Kier molecular flexibility index (Phi) is 2.58. The molecule has 0 spiro atoms. The molecule has 0 bridgehead atoms. The molecule has 3 rings (SSSR count). The monoisotopic (exact) mass is 216 g/mol. The van der Waals surface area contributed by atoms with Gasteiger partial charge in [0.1, 0.15) is 5.82 Å². The van der Waals surface area contributed by atoms with Crippen molar-refractivity contribution in [1.29, 1.82) is 0 Å². The number of pyridine rings is 1. The van der Waals surface area contributed by atoms with Crippen LogP contribution in [0.15, 0.2) is 24.4 Å². The molecule has 84 valence electrons. The summed E-state index contributed by atoms with van der Waals surface area (Å²) in [4.78, 5) is 0. The first-order valence-electron chi connectivity index (χ1n) is 5.95. The zero-order chi connectivity index (χ0) is 10.8. The Morgan fingerprint density at radius 1 is 1.31 bits per heavy atom. The molecule has 0 amide bonds. The number of nitrogens with zero attached hydrogens (tertiary/aromatic N) is 3. The largest absolute Gasteiger partial charge is 0.314 e. The first kappa shape index (κ1) is 9.78. The minimum atomic E-state index is 0.749. The second kappa shape index (κ2) is 4.22. The van der Waals surface area contributed by atoms with Crippen LogP contribution in [0.2, 0.25) is 0 Å². The van der Waals surface area contributed by atoms with Crippen LogP contribution in [0.1, 0.15) is 25.1 Å². The Balaban J connectivity index is 1.64. The fourth-order valence-electron chi connectivity index (χ4n) is 2.06. The van der Waals surface area contributed by atoms with Gasteiger partial charge in [-0.25, -0.2) is 0 Å². The summed E-state index contributed by atoms with van der Waals surface area (Å²) >= 11 is 0. The van der Waals surface area contributed by atoms with Crippen LogP contribution in [-0.2, 0) is 6.42 Å². The number of hydrogen-bond donors (Lipinski definition) is 1. The van der Waals surface area contributed by atoms with E-state index in [9.17, 15) is 0 Å². The third kappa shape index (κ3) is 1.80. The average Bonchev–Trinajstić information content (AvgIpc) is 2.65. The van der Waals surface area contributed by atoms with E-state index >= 15 is 0 Å². The van der Waals surface area contributed by atoms with Crippen LogP contribution in [0.3, 0.4) is 0 Å². The molecular weight excluding hydrogens is 200 g/mol. The molecule has 16 heavy (non-hydrogen) atoms. The van der Waals surface area contributed by atoms with Crippen molar-refractivity contribution in [2.24, 2.45) is 0 Å². The molecule has 1 saturated carbocycles. The normalized spacial score (nSPS) is 16.5. The maximum Gasteiger partial charge on any atom is 0.160 e. The van der Waals surface area contributed by atoms with Crippen molar-refractivity contribution in [1.82, 2.24) is 19.9 Å². The van der Waals surface area contributed by atoms with Crippen LogP contribution in [0.5, 0.6) is 0 Å². The zero-order valence-corrected chi connectivity index (χ0v) is 9.26.